The zero-order valence-corrected chi connectivity index (χ0v) is 12.2. The van der Waals surface area contributed by atoms with Gasteiger partial charge in [0.25, 0.3) is 5.91 Å². The first-order valence-electron chi connectivity index (χ1n) is 6.85. The van der Waals surface area contributed by atoms with E-state index in [0.29, 0.717) is 11.7 Å². The van der Waals surface area contributed by atoms with Gasteiger partial charge in [-0.2, -0.15) is 5.10 Å². The summed E-state index contributed by atoms with van der Waals surface area (Å²) in [6.07, 6.45) is 6.31. The summed E-state index contributed by atoms with van der Waals surface area (Å²) in [5.74, 6) is -0.0639. The number of carbonyl (C=O) groups excluding carboxylic acids is 1. The molecule has 108 valence electrons. The van der Waals surface area contributed by atoms with E-state index in [9.17, 15) is 4.79 Å². The number of nitrogens with one attached hydrogen (secondary N) is 2. The Labute approximate surface area is 120 Å². The Morgan fingerprint density at radius 2 is 2.47 bits per heavy atom. The molecule has 19 heavy (non-hydrogen) atoms. The Bertz CT molecular complexity index is 388. The quantitative estimate of drug-likeness (QED) is 0.811. The van der Waals surface area contributed by atoms with Crippen molar-refractivity contribution in [2.75, 3.05) is 19.6 Å². The number of hydrogen-bond acceptors (Lipinski definition) is 3. The zero-order chi connectivity index (χ0) is 12.8. The number of piperidine rings is 1. The van der Waals surface area contributed by atoms with Crippen LogP contribution in [0.2, 0.25) is 0 Å². The number of carbonyl (C=O) groups is 1. The third kappa shape index (κ3) is 4.51. The number of halogens is 1. The molecule has 5 nitrogen and oxygen atoms in total. The molecule has 1 saturated heterocycles. The summed E-state index contributed by atoms with van der Waals surface area (Å²) in [6.45, 7) is 4.87. The van der Waals surface area contributed by atoms with E-state index in [1.165, 1.54) is 6.42 Å². The van der Waals surface area contributed by atoms with Gasteiger partial charge < -0.3 is 10.6 Å². The van der Waals surface area contributed by atoms with Crippen molar-refractivity contribution in [3.63, 3.8) is 0 Å². The summed E-state index contributed by atoms with van der Waals surface area (Å²) in [4.78, 5) is 11.8. The number of hydrogen-bond donors (Lipinski definition) is 2. The molecule has 1 fully saturated rings. The van der Waals surface area contributed by atoms with E-state index in [1.54, 1.807) is 6.07 Å². The molecule has 0 saturated carbocycles. The third-order valence-corrected chi connectivity index (χ3v) is 3.30. The van der Waals surface area contributed by atoms with E-state index in [-0.39, 0.29) is 18.3 Å². The summed E-state index contributed by atoms with van der Waals surface area (Å²) >= 11 is 0. The molecule has 1 aromatic heterocycles. The Hall–Kier alpha value is -1.07. The van der Waals surface area contributed by atoms with Crippen molar-refractivity contribution in [1.29, 1.82) is 0 Å². The fourth-order valence-corrected chi connectivity index (χ4v) is 2.19. The molecule has 1 atom stereocenters. The fourth-order valence-electron chi connectivity index (χ4n) is 2.19. The smallest absolute Gasteiger partial charge is 0.271 e. The average molecular weight is 287 g/mol. The Morgan fingerprint density at radius 1 is 1.63 bits per heavy atom. The molecule has 0 aromatic carbocycles. The molecular formula is C13H23ClN4O. The second-order valence-electron chi connectivity index (χ2n) is 4.79. The molecule has 0 aliphatic carbocycles. The summed E-state index contributed by atoms with van der Waals surface area (Å²) in [5, 5.41) is 10.6. The van der Waals surface area contributed by atoms with Gasteiger partial charge in [0.1, 0.15) is 5.69 Å². The molecule has 2 heterocycles. The van der Waals surface area contributed by atoms with Crippen LogP contribution in [0.25, 0.3) is 0 Å². The predicted octanol–water partition coefficient (Wildman–Crippen LogP) is 1.76. The van der Waals surface area contributed by atoms with Crippen LogP contribution in [0.15, 0.2) is 12.3 Å². The van der Waals surface area contributed by atoms with E-state index < -0.39 is 0 Å². The van der Waals surface area contributed by atoms with Gasteiger partial charge in [-0.25, -0.2) is 0 Å². The summed E-state index contributed by atoms with van der Waals surface area (Å²) < 4.78 is 1.92. The van der Waals surface area contributed by atoms with Gasteiger partial charge in [-0.3, -0.25) is 9.48 Å². The normalized spacial score (nSPS) is 18.7. The van der Waals surface area contributed by atoms with E-state index in [0.717, 1.165) is 38.9 Å². The van der Waals surface area contributed by atoms with Gasteiger partial charge >= 0.3 is 0 Å². The lowest BCUT2D eigenvalue weighted by Crippen LogP contribution is -2.32. The molecule has 1 unspecified atom stereocenters. The highest BCUT2D eigenvalue weighted by molar-refractivity contribution is 5.92. The van der Waals surface area contributed by atoms with E-state index in [4.69, 9.17) is 0 Å². The molecule has 1 aliphatic rings. The molecule has 1 aromatic rings. The van der Waals surface area contributed by atoms with Gasteiger partial charge in [-0.1, -0.05) is 13.3 Å². The highest BCUT2D eigenvalue weighted by Crippen LogP contribution is 2.15. The number of nitrogens with zero attached hydrogens (tertiary/aromatic N) is 2. The van der Waals surface area contributed by atoms with E-state index >= 15 is 0 Å². The van der Waals surface area contributed by atoms with Crippen molar-refractivity contribution >= 4 is 18.3 Å². The van der Waals surface area contributed by atoms with Crippen LogP contribution >= 0.6 is 12.4 Å². The van der Waals surface area contributed by atoms with Crippen molar-refractivity contribution in [2.45, 2.75) is 38.6 Å². The largest absolute Gasteiger partial charge is 0.351 e. The van der Waals surface area contributed by atoms with Crippen LogP contribution in [0.4, 0.5) is 0 Å². The van der Waals surface area contributed by atoms with Gasteiger partial charge in [0.2, 0.25) is 0 Å². The van der Waals surface area contributed by atoms with Gasteiger partial charge in [0, 0.05) is 19.3 Å². The highest BCUT2D eigenvalue weighted by atomic mass is 35.5. The monoisotopic (exact) mass is 286 g/mol. The van der Waals surface area contributed by atoms with Crippen LogP contribution in [-0.2, 0) is 0 Å². The van der Waals surface area contributed by atoms with Crippen LogP contribution in [-0.4, -0.2) is 35.3 Å². The molecule has 0 bridgehead atoms. The molecule has 0 spiro atoms. The molecule has 2 rings (SSSR count). The van der Waals surface area contributed by atoms with Crippen molar-refractivity contribution in [3.8, 4) is 0 Å². The van der Waals surface area contributed by atoms with E-state index in [1.807, 2.05) is 10.9 Å². The van der Waals surface area contributed by atoms with Crippen LogP contribution in [0, 0.1) is 0 Å². The van der Waals surface area contributed by atoms with Gasteiger partial charge in [0.05, 0.1) is 6.04 Å². The first-order chi connectivity index (χ1) is 8.81. The fraction of sp³-hybridized carbons (Fsp3) is 0.692. The third-order valence-electron chi connectivity index (χ3n) is 3.30. The first-order valence-corrected chi connectivity index (χ1v) is 6.85. The maximum atomic E-state index is 11.8. The first kappa shape index (κ1) is 16.0. The molecule has 1 amide bonds. The van der Waals surface area contributed by atoms with Gasteiger partial charge in [-0.05, 0) is 31.9 Å². The summed E-state index contributed by atoms with van der Waals surface area (Å²) in [6, 6.07) is 2.19. The van der Waals surface area contributed by atoms with Crippen LogP contribution in [0.5, 0.6) is 0 Å². The van der Waals surface area contributed by atoms with Crippen molar-refractivity contribution in [2.24, 2.45) is 0 Å². The summed E-state index contributed by atoms with van der Waals surface area (Å²) in [5.41, 5.74) is 0.525. The van der Waals surface area contributed by atoms with E-state index in [2.05, 4.69) is 22.7 Å². The van der Waals surface area contributed by atoms with Crippen LogP contribution in [0.1, 0.15) is 49.1 Å². The molecule has 6 heteroatoms. The predicted molar refractivity (Wildman–Crippen MR) is 77.9 cm³/mol. The second kappa shape index (κ2) is 8.17. The molecule has 0 radical (unpaired) electrons. The lowest BCUT2D eigenvalue weighted by molar-refractivity contribution is 0.0947. The number of unbranched alkanes of at least 4 members (excludes halogenated alkanes) is 1. The lowest BCUT2D eigenvalue weighted by Gasteiger charge is -2.22. The Morgan fingerprint density at radius 3 is 3.16 bits per heavy atom. The minimum atomic E-state index is -0.0639. The topological polar surface area (TPSA) is 59.0 Å². The number of aromatic nitrogens is 2. The standard InChI is InChI=1S/C13H22N4O.ClH/c1-2-3-8-15-13(18)12-6-9-17(16-12)11-5-4-7-14-10-11;/h6,9,11,14H,2-5,7-8,10H2,1H3,(H,15,18);1H. The van der Waals surface area contributed by atoms with Crippen LogP contribution < -0.4 is 10.6 Å². The SMILES string of the molecule is CCCCNC(=O)c1ccn(C2CCCNC2)n1.Cl. The summed E-state index contributed by atoms with van der Waals surface area (Å²) in [7, 11) is 0. The zero-order valence-electron chi connectivity index (χ0n) is 11.4. The maximum absolute atomic E-state index is 11.8. The van der Waals surface area contributed by atoms with Crippen molar-refractivity contribution in [1.82, 2.24) is 20.4 Å². The van der Waals surface area contributed by atoms with Crippen LogP contribution in [0.3, 0.4) is 0 Å². The highest BCUT2D eigenvalue weighted by Gasteiger charge is 2.17. The van der Waals surface area contributed by atoms with Gasteiger partial charge in [0.15, 0.2) is 0 Å². The molecular weight excluding hydrogens is 264 g/mol. The minimum absolute atomic E-state index is 0. The number of rotatable bonds is 5. The average Bonchev–Trinajstić information content (AvgIpc) is 2.89. The van der Waals surface area contributed by atoms with Crippen molar-refractivity contribution in [3.05, 3.63) is 18.0 Å². The maximum Gasteiger partial charge on any atom is 0.271 e. The van der Waals surface area contributed by atoms with Crippen molar-refractivity contribution < 1.29 is 4.79 Å². The Kier molecular flexibility index (Phi) is 6.87. The Balaban J connectivity index is 0.00000180. The lowest BCUT2D eigenvalue weighted by atomic mass is 10.1. The number of amides is 1. The van der Waals surface area contributed by atoms with Gasteiger partial charge in [-0.15, -0.1) is 12.4 Å². The molecule has 2 N–H and O–H groups in total. The second-order valence-corrected chi connectivity index (χ2v) is 4.79. The minimum Gasteiger partial charge on any atom is -0.351 e. The molecule has 1 aliphatic heterocycles.